The second kappa shape index (κ2) is 80.4. The zero-order chi connectivity index (χ0) is 78.0. The molecule has 0 aliphatic carbocycles. The Bertz CT molecular complexity index is 2620. The number of carbonyl (C=O) groups excluding carboxylic acids is 3. The molecule has 0 spiro atoms. The molecule has 0 radical (unpaired) electrons. The van der Waals surface area contributed by atoms with Crippen LogP contribution in [0.3, 0.4) is 0 Å². The molecule has 16 nitrogen and oxygen atoms in total. The van der Waals surface area contributed by atoms with E-state index in [-0.39, 0.29) is 19.3 Å². The Hall–Kier alpha value is -5.09. The number of allylic oxidation sites excluding steroid dienone is 28. The molecule has 0 saturated heterocycles. The average molecular weight is 1540 g/mol. The van der Waals surface area contributed by atoms with Gasteiger partial charge in [0.15, 0.2) is 6.10 Å². The van der Waals surface area contributed by atoms with Crippen molar-refractivity contribution in [3.8, 4) is 0 Å². The van der Waals surface area contributed by atoms with Crippen molar-refractivity contribution < 1.29 is 75.8 Å². The van der Waals surface area contributed by atoms with Crippen molar-refractivity contribution in [2.75, 3.05) is 39.6 Å². The molecule has 0 amide bonds. The van der Waals surface area contributed by atoms with Gasteiger partial charge in [0, 0.05) is 19.3 Å². The van der Waals surface area contributed by atoms with Crippen LogP contribution in [0.25, 0.3) is 0 Å². The number of unbranched alkanes of at least 4 members (excludes halogenated alkanes) is 26. The standard InChI is InChI=1S/C89H148O16P2/c1-4-7-10-13-16-19-22-25-28-31-34-36-38-39-40-41-42-43-45-47-49-51-54-57-60-63-66-69-72-75-87(92)99-78-84(90)79-101-106(95,96)102-80-85(91)81-103-107(97,98)104-83-86(105-89(94)77-74-71-68-65-62-59-56-53-48-33-30-27-24-21-18-15-12-9-6-3)82-100-88(93)76-73-70-67-64-61-58-55-52-50-46-44-37-35-32-29-26-23-20-17-14-11-8-5-2/h7-12,16-21,25-30,34-37,39-40,46,48,50,53,84-86,90-91H,4-6,13-15,22-24,31-33,38,41-45,47,49,51-52,54-83H2,1-3H3,(H,95,96)(H,97,98)/b10-7-,11-8-,12-9-,19-16-,20-17-,21-18-,28-25-,29-26-,30-27-,36-34-,37-35-,40-39-,50-46-,53-48-. The second-order valence-electron chi connectivity index (χ2n) is 27.1. The van der Waals surface area contributed by atoms with E-state index in [9.17, 15) is 43.5 Å². The molecule has 0 fully saturated rings. The summed E-state index contributed by atoms with van der Waals surface area (Å²) in [6, 6.07) is 0. The lowest BCUT2D eigenvalue weighted by Gasteiger charge is -2.21. The van der Waals surface area contributed by atoms with Crippen molar-refractivity contribution in [3.63, 3.8) is 0 Å². The number of ether oxygens (including phenoxy) is 3. The van der Waals surface area contributed by atoms with Gasteiger partial charge in [-0.2, -0.15) is 0 Å². The first kappa shape index (κ1) is 102. The highest BCUT2D eigenvalue weighted by Gasteiger charge is 2.29. The molecule has 610 valence electrons. The first-order valence-electron chi connectivity index (χ1n) is 41.4. The normalized spacial score (nSPS) is 14.8. The van der Waals surface area contributed by atoms with Crippen LogP contribution in [0, 0.1) is 0 Å². The van der Waals surface area contributed by atoms with E-state index in [2.05, 4.69) is 191 Å². The predicted molar refractivity (Wildman–Crippen MR) is 445 cm³/mol. The van der Waals surface area contributed by atoms with Gasteiger partial charge < -0.3 is 34.2 Å². The van der Waals surface area contributed by atoms with Gasteiger partial charge in [-0.3, -0.25) is 32.5 Å². The van der Waals surface area contributed by atoms with Crippen LogP contribution < -0.4 is 0 Å². The molecule has 0 saturated carbocycles. The summed E-state index contributed by atoms with van der Waals surface area (Å²) >= 11 is 0. The van der Waals surface area contributed by atoms with Crippen LogP contribution in [0.5, 0.6) is 0 Å². The van der Waals surface area contributed by atoms with Crippen LogP contribution in [0.4, 0.5) is 0 Å². The Kier molecular flexibility index (Phi) is 76.6. The van der Waals surface area contributed by atoms with Crippen molar-refractivity contribution >= 4 is 33.6 Å². The van der Waals surface area contributed by atoms with Gasteiger partial charge in [0.2, 0.25) is 0 Å². The molecule has 0 aliphatic heterocycles. The second-order valence-corrected chi connectivity index (χ2v) is 30.0. The minimum atomic E-state index is -4.95. The number of hydrogen-bond acceptors (Lipinski definition) is 14. The number of phosphoric ester groups is 2. The van der Waals surface area contributed by atoms with Crippen molar-refractivity contribution in [3.05, 3.63) is 170 Å². The van der Waals surface area contributed by atoms with E-state index < -0.39 is 91.5 Å². The Morgan fingerprint density at radius 1 is 0.262 bits per heavy atom. The van der Waals surface area contributed by atoms with Gasteiger partial charge in [-0.25, -0.2) is 9.13 Å². The summed E-state index contributed by atoms with van der Waals surface area (Å²) in [7, 11) is -9.81. The van der Waals surface area contributed by atoms with E-state index in [1.165, 1.54) is 57.8 Å². The minimum Gasteiger partial charge on any atom is -0.463 e. The number of carbonyl (C=O) groups is 3. The molecule has 0 rings (SSSR count). The summed E-state index contributed by atoms with van der Waals surface area (Å²) in [4.78, 5) is 58.8. The fourth-order valence-corrected chi connectivity index (χ4v) is 12.3. The van der Waals surface area contributed by atoms with Gasteiger partial charge in [-0.15, -0.1) is 0 Å². The van der Waals surface area contributed by atoms with Gasteiger partial charge in [0.1, 0.15) is 25.4 Å². The lowest BCUT2D eigenvalue weighted by Crippen LogP contribution is -2.30. The quantitative estimate of drug-likeness (QED) is 0.0146. The molecule has 0 bridgehead atoms. The molecule has 0 aromatic heterocycles. The van der Waals surface area contributed by atoms with E-state index in [1.807, 2.05) is 0 Å². The first-order chi connectivity index (χ1) is 52.2. The smallest absolute Gasteiger partial charge is 0.463 e. The topological polar surface area (TPSA) is 231 Å². The van der Waals surface area contributed by atoms with Crippen molar-refractivity contribution in [2.24, 2.45) is 0 Å². The van der Waals surface area contributed by atoms with Gasteiger partial charge in [0.25, 0.3) is 0 Å². The fraction of sp³-hybridized carbons (Fsp3) is 0.652. The zero-order valence-electron chi connectivity index (χ0n) is 66.7. The highest BCUT2D eigenvalue weighted by Crippen LogP contribution is 2.45. The van der Waals surface area contributed by atoms with Crippen LogP contribution in [0.1, 0.15) is 316 Å². The molecule has 0 aliphatic rings. The minimum absolute atomic E-state index is 0.0802. The number of aliphatic hydroxyl groups is 2. The average Bonchev–Trinajstić information content (AvgIpc) is 0.907. The summed E-state index contributed by atoms with van der Waals surface area (Å²) in [5, 5.41) is 20.7. The molecular formula is C89H148O16P2. The van der Waals surface area contributed by atoms with Gasteiger partial charge in [-0.05, 0) is 148 Å². The van der Waals surface area contributed by atoms with Crippen LogP contribution >= 0.6 is 15.6 Å². The summed E-state index contributed by atoms with van der Waals surface area (Å²) in [5.41, 5.74) is 0. The Balaban J connectivity index is 4.62. The lowest BCUT2D eigenvalue weighted by atomic mass is 10.0. The van der Waals surface area contributed by atoms with E-state index in [0.29, 0.717) is 19.3 Å². The third kappa shape index (κ3) is 81.7. The maximum atomic E-state index is 13.0. The summed E-state index contributed by atoms with van der Waals surface area (Å²) in [5.74, 6) is -1.61. The monoisotopic (exact) mass is 1540 g/mol. The van der Waals surface area contributed by atoms with E-state index in [1.54, 1.807) is 0 Å². The predicted octanol–water partition coefficient (Wildman–Crippen LogP) is 24.8. The Morgan fingerprint density at radius 2 is 0.467 bits per heavy atom. The third-order valence-corrected chi connectivity index (χ3v) is 18.8. The summed E-state index contributed by atoms with van der Waals surface area (Å²) in [6.45, 7) is 2.32. The number of esters is 3. The lowest BCUT2D eigenvalue weighted by molar-refractivity contribution is -0.161. The number of rotatable bonds is 77. The molecule has 0 aromatic rings. The third-order valence-electron chi connectivity index (χ3n) is 16.9. The summed E-state index contributed by atoms with van der Waals surface area (Å²) in [6.07, 6.45) is 102. The molecular weight excluding hydrogens is 1390 g/mol. The highest BCUT2D eigenvalue weighted by atomic mass is 31.2. The fourth-order valence-electron chi connectivity index (χ4n) is 10.7. The molecule has 4 N–H and O–H groups in total. The number of aliphatic hydroxyl groups excluding tert-OH is 2. The first-order valence-corrected chi connectivity index (χ1v) is 44.4. The van der Waals surface area contributed by atoms with Crippen molar-refractivity contribution in [1.29, 1.82) is 0 Å². The molecule has 0 aromatic carbocycles. The molecule has 0 heterocycles. The molecule has 18 heteroatoms. The van der Waals surface area contributed by atoms with Crippen LogP contribution in [0.15, 0.2) is 170 Å². The maximum Gasteiger partial charge on any atom is 0.472 e. The van der Waals surface area contributed by atoms with E-state index >= 15 is 0 Å². The zero-order valence-corrected chi connectivity index (χ0v) is 68.5. The summed E-state index contributed by atoms with van der Waals surface area (Å²) < 4.78 is 61.3. The van der Waals surface area contributed by atoms with E-state index in [4.69, 9.17) is 32.3 Å². The number of hydrogen-bond donors (Lipinski definition) is 4. The SMILES string of the molecule is CC/C=C\C/C=C\C/C=C\C/C=C\C/C=C\CCCCCCCCCCCCCCCC(=O)OCC(O)COP(=O)(O)OCC(O)COP(=O)(O)OCC(COC(=O)CCCCCCCCC/C=C\C/C=C\C/C=C\C/C=C\C/C=C\CC)OC(=O)CCCCCCCC/C=C\C/C=C\C/C=C\C/C=C\CC. The van der Waals surface area contributed by atoms with Crippen LogP contribution in [-0.4, -0.2) is 95.9 Å². The Labute approximate surface area is 650 Å². The Morgan fingerprint density at radius 3 is 0.738 bits per heavy atom. The van der Waals surface area contributed by atoms with Crippen LogP contribution in [-0.2, 0) is 55.8 Å². The molecule has 5 atom stereocenters. The maximum absolute atomic E-state index is 13.0. The van der Waals surface area contributed by atoms with Gasteiger partial charge in [0.05, 0.1) is 26.4 Å². The number of phosphoric acid groups is 2. The van der Waals surface area contributed by atoms with Gasteiger partial charge in [-0.1, -0.05) is 319 Å². The van der Waals surface area contributed by atoms with Crippen molar-refractivity contribution in [2.45, 2.75) is 334 Å². The largest absolute Gasteiger partial charge is 0.472 e. The van der Waals surface area contributed by atoms with Gasteiger partial charge >= 0.3 is 33.6 Å². The van der Waals surface area contributed by atoms with Crippen molar-refractivity contribution in [1.82, 2.24) is 0 Å². The molecule has 5 unspecified atom stereocenters. The van der Waals surface area contributed by atoms with Crippen LogP contribution in [0.2, 0.25) is 0 Å². The van der Waals surface area contributed by atoms with E-state index in [0.717, 1.165) is 199 Å². The highest BCUT2D eigenvalue weighted by molar-refractivity contribution is 7.47. The molecule has 107 heavy (non-hydrogen) atoms.